The van der Waals surface area contributed by atoms with Gasteiger partial charge < -0.3 is 3.44 Å². The minimum atomic E-state index is -1.51. The molecule has 0 aliphatic carbocycles. The number of hydrogen-bond donors (Lipinski definition) is 0. The predicted octanol–water partition coefficient (Wildman–Crippen LogP) is -4.56. The van der Waals surface area contributed by atoms with Crippen LogP contribution in [-0.4, -0.2) is 6.47 Å². The van der Waals surface area contributed by atoms with Crippen molar-refractivity contribution in [3.8, 4) is 0 Å². The minimum absolute atomic E-state index is 0.167. The van der Waals surface area contributed by atoms with Crippen LogP contribution in [0.1, 0.15) is 0 Å². The van der Waals surface area contributed by atoms with Gasteiger partial charge in [0.2, 0.25) is 0 Å². The van der Waals surface area contributed by atoms with E-state index in [-0.39, 0.29) is 6.47 Å². The molecule has 0 saturated carbocycles. The average molecular weight is 188 g/mol. The number of carbonyl (C=O) groups excluding carboxylic acids is 1. The van der Waals surface area contributed by atoms with Crippen LogP contribution in [0.2, 0.25) is 0 Å². The highest BCUT2D eigenvalue weighted by molar-refractivity contribution is 5.35. The van der Waals surface area contributed by atoms with Crippen molar-refractivity contribution in [2.24, 2.45) is 0 Å². The van der Waals surface area contributed by atoms with Crippen molar-refractivity contribution in [2.45, 2.75) is 0 Å². The molecule has 3 nitrogen and oxygen atoms in total. The lowest BCUT2D eigenvalue weighted by atomic mass is 11.7. The van der Waals surface area contributed by atoms with Crippen LogP contribution in [0, 0.1) is 0 Å². The van der Waals surface area contributed by atoms with E-state index in [2.05, 4.69) is 3.07 Å². The zero-order valence-electron chi connectivity index (χ0n) is 2.18. The van der Waals surface area contributed by atoms with E-state index in [0.29, 0.717) is 0 Å². The van der Waals surface area contributed by atoms with E-state index in [4.69, 9.17) is 4.79 Å². The summed E-state index contributed by atoms with van der Waals surface area (Å²) >= 11 is -1.51. The summed E-state index contributed by atoms with van der Waals surface area (Å²) < 4.78 is 12.9. The van der Waals surface area contributed by atoms with Crippen LogP contribution in [0.3, 0.4) is 0 Å². The molecule has 0 radical (unpaired) electrons. The molecule has 0 heterocycles. The lowest BCUT2D eigenvalue weighted by Crippen LogP contribution is -3.70. The summed E-state index contributed by atoms with van der Waals surface area (Å²) in [7, 11) is 0. The second kappa shape index (κ2) is 4.16. The average Bonchev–Trinajstić information content (AvgIpc) is 1.41. The Morgan fingerprint density at radius 1 is 2.00 bits per heavy atom. The van der Waals surface area contributed by atoms with Crippen LogP contribution in [0.25, 0.3) is 0 Å². The number of hydrogen-bond acceptors (Lipinski definition) is 3. The molecule has 0 saturated heterocycles. The number of carbonyl (C=O) groups is 1. The normalized spacial score (nSPS) is 6.60. The van der Waals surface area contributed by atoms with Gasteiger partial charge in [-0.05, 0) is 0 Å². The first-order valence-corrected chi connectivity index (χ1v) is 2.54. The Labute approximate surface area is 40.3 Å². The fraction of sp³-hybridized carbons (Fsp3) is 0. The lowest BCUT2D eigenvalue weighted by Gasteiger charge is -1.64. The summed E-state index contributed by atoms with van der Waals surface area (Å²) in [4.78, 5) is 9.01. The van der Waals surface area contributed by atoms with Gasteiger partial charge in [0.25, 0.3) is 0 Å². The lowest BCUT2D eigenvalue weighted by molar-refractivity contribution is -1.26. The van der Waals surface area contributed by atoms with E-state index < -0.39 is 22.0 Å². The van der Waals surface area contributed by atoms with Crippen molar-refractivity contribution in [3.05, 3.63) is 0 Å². The van der Waals surface area contributed by atoms with Gasteiger partial charge >= 0.3 is 28.5 Å². The summed E-state index contributed by atoms with van der Waals surface area (Å²) in [5.41, 5.74) is 0. The van der Waals surface area contributed by atoms with E-state index >= 15 is 0 Å². The van der Waals surface area contributed by atoms with Crippen LogP contribution in [-0.2, 0) is 7.86 Å². The Morgan fingerprint density at radius 3 is 2.60 bits per heavy atom. The summed E-state index contributed by atoms with van der Waals surface area (Å²) in [5, 5.41) is 0. The fourth-order valence-electron chi connectivity index (χ4n) is 0.0148. The van der Waals surface area contributed by atoms with Gasteiger partial charge in [-0.3, -0.25) is 4.79 Å². The van der Waals surface area contributed by atoms with Crippen LogP contribution in [0.5, 0.6) is 0 Å². The topological polar surface area (TPSA) is 49.4 Å². The predicted molar refractivity (Wildman–Crippen MR) is 7.15 cm³/mol. The Hall–Kier alpha value is 0.160. The Balaban J connectivity index is 2.40. The van der Waals surface area contributed by atoms with Gasteiger partial charge in [0.15, 0.2) is 0 Å². The molecule has 0 spiro atoms. The molecule has 0 atom stereocenters. The second-order valence-electron chi connectivity index (χ2n) is 0.248. The summed E-state index contributed by atoms with van der Waals surface area (Å²) in [6.07, 6.45) is 0. The highest BCUT2D eigenvalue weighted by Gasteiger charge is 1.79. The maximum absolute atomic E-state index is 9.19. The van der Waals surface area contributed by atoms with Crippen molar-refractivity contribution < 1.29 is 33.3 Å². The summed E-state index contributed by atoms with van der Waals surface area (Å²) in [6.45, 7) is 0.167. The third kappa shape index (κ3) is 4.16. The number of halogens is 1. The van der Waals surface area contributed by atoms with Crippen molar-refractivity contribution in [1.82, 2.24) is 0 Å². The van der Waals surface area contributed by atoms with Crippen molar-refractivity contribution in [3.63, 3.8) is 0 Å². The summed E-state index contributed by atoms with van der Waals surface area (Å²) in [5.74, 6) is 0. The SMILES string of the molecule is O=CO[I+][O-]. The first-order chi connectivity index (χ1) is 2.41. The highest BCUT2D eigenvalue weighted by atomic mass is 127. The van der Waals surface area contributed by atoms with Gasteiger partial charge in [-0.15, -0.1) is 0 Å². The molecule has 5 heavy (non-hydrogen) atoms. The minimum Gasteiger partial charge on any atom is -0.558 e. The highest BCUT2D eigenvalue weighted by Crippen LogP contribution is 1.15. The first kappa shape index (κ1) is 5.16. The van der Waals surface area contributed by atoms with Crippen molar-refractivity contribution in [1.29, 1.82) is 0 Å². The standard InChI is InChI=1S/CHIO3/c3-1-5-2-4/h1H. The van der Waals surface area contributed by atoms with E-state index in [1.165, 1.54) is 0 Å². The fourth-order valence-corrected chi connectivity index (χ4v) is 0.0996. The number of rotatable bonds is 2. The van der Waals surface area contributed by atoms with Gasteiger partial charge in [0.05, 0.1) is 0 Å². The maximum Gasteiger partial charge on any atom is 0.517 e. The van der Waals surface area contributed by atoms with Crippen LogP contribution in [0.4, 0.5) is 0 Å². The Kier molecular flexibility index (Phi) is 4.29. The van der Waals surface area contributed by atoms with E-state index in [1.807, 2.05) is 0 Å². The molecule has 0 amide bonds. The second-order valence-corrected chi connectivity index (χ2v) is 1.12. The van der Waals surface area contributed by atoms with Gasteiger partial charge in [-0.2, -0.15) is 0 Å². The van der Waals surface area contributed by atoms with Gasteiger partial charge in [-0.1, -0.05) is 0 Å². The molecule has 0 unspecified atom stereocenters. The maximum atomic E-state index is 9.19. The quantitative estimate of drug-likeness (QED) is 0.324. The van der Waals surface area contributed by atoms with Crippen molar-refractivity contribution >= 4 is 6.47 Å². The van der Waals surface area contributed by atoms with Crippen LogP contribution in [0.15, 0.2) is 0 Å². The monoisotopic (exact) mass is 188 g/mol. The molecule has 30 valence electrons. The van der Waals surface area contributed by atoms with E-state index in [1.54, 1.807) is 0 Å². The third-order valence-corrected chi connectivity index (χ3v) is 0.488. The Morgan fingerprint density at radius 2 is 2.60 bits per heavy atom. The molecular weight excluding hydrogens is 187 g/mol. The smallest absolute Gasteiger partial charge is 0.517 e. The molecule has 0 aromatic carbocycles. The van der Waals surface area contributed by atoms with Gasteiger partial charge in [0.1, 0.15) is 0 Å². The van der Waals surface area contributed by atoms with Gasteiger partial charge in [0, 0.05) is 0 Å². The zero-order chi connectivity index (χ0) is 4.12. The van der Waals surface area contributed by atoms with E-state index in [0.717, 1.165) is 0 Å². The Bertz CT molecular complexity index is 28.1. The molecule has 0 bridgehead atoms. The van der Waals surface area contributed by atoms with Crippen LogP contribution < -0.4 is 25.5 Å². The van der Waals surface area contributed by atoms with E-state index in [9.17, 15) is 3.44 Å². The molecule has 0 aromatic rings. The van der Waals surface area contributed by atoms with Gasteiger partial charge in [-0.25, -0.2) is 3.07 Å². The molecular formula is CHIO3. The van der Waals surface area contributed by atoms with Crippen LogP contribution >= 0.6 is 0 Å². The largest absolute Gasteiger partial charge is 0.558 e. The third-order valence-electron chi connectivity index (χ3n) is 0.0727. The molecule has 0 aliphatic heterocycles. The molecule has 0 fully saturated rings. The molecule has 0 N–H and O–H groups in total. The summed E-state index contributed by atoms with van der Waals surface area (Å²) in [6, 6.07) is 0. The molecule has 0 rings (SSSR count). The van der Waals surface area contributed by atoms with Crippen molar-refractivity contribution in [2.75, 3.05) is 0 Å². The molecule has 0 aromatic heterocycles. The first-order valence-electron chi connectivity index (χ1n) is 0.780. The molecule has 0 aliphatic rings. The molecule has 4 heteroatoms. The zero-order valence-corrected chi connectivity index (χ0v) is 4.34.